The van der Waals surface area contributed by atoms with E-state index < -0.39 is 5.97 Å². The molecule has 1 rings (SSSR count). The molecule has 0 radical (unpaired) electrons. The van der Waals surface area contributed by atoms with E-state index in [1.807, 2.05) is 6.07 Å². The van der Waals surface area contributed by atoms with Crippen LogP contribution in [-0.2, 0) is 11.2 Å². The minimum atomic E-state index is -0.774. The highest BCUT2D eigenvalue weighted by atomic mass is 127. The number of halogens is 3. The summed E-state index contributed by atoms with van der Waals surface area (Å²) in [5.41, 5.74) is 7.72. The zero-order chi connectivity index (χ0) is 12.5. The van der Waals surface area contributed by atoms with Crippen molar-refractivity contribution < 1.29 is 9.90 Å². The molecule has 1 atom stereocenters. The van der Waals surface area contributed by atoms with E-state index in [0.717, 1.165) is 22.0 Å². The van der Waals surface area contributed by atoms with Crippen molar-refractivity contribution in [1.29, 1.82) is 0 Å². The van der Waals surface area contributed by atoms with Crippen LogP contribution in [0.4, 0.5) is 5.69 Å². The summed E-state index contributed by atoms with van der Waals surface area (Å²) in [6.07, 6.45) is 0.521. The Morgan fingerprint density at radius 3 is 2.50 bits per heavy atom. The number of benzene rings is 1. The van der Waals surface area contributed by atoms with Gasteiger partial charge in [-0.05, 0) is 85.8 Å². The Kier molecular flexibility index (Phi) is 5.55. The zero-order valence-corrected chi connectivity index (χ0v) is 14.9. The van der Waals surface area contributed by atoms with Gasteiger partial charge >= 0.3 is 5.97 Å². The van der Waals surface area contributed by atoms with E-state index in [9.17, 15) is 4.79 Å². The average molecular weight is 557 g/mol. The lowest BCUT2D eigenvalue weighted by molar-refractivity contribution is -0.141. The summed E-state index contributed by atoms with van der Waals surface area (Å²) in [7, 11) is 0. The number of carbonyl (C=O) groups is 1. The van der Waals surface area contributed by atoms with E-state index in [1.165, 1.54) is 0 Å². The molecule has 3 N–H and O–H groups in total. The molecule has 0 saturated heterocycles. The summed E-state index contributed by atoms with van der Waals surface area (Å²) in [5.74, 6) is -1.16. The van der Waals surface area contributed by atoms with E-state index in [-0.39, 0.29) is 5.92 Å². The van der Waals surface area contributed by atoms with Gasteiger partial charge in [-0.1, -0.05) is 6.92 Å². The lowest BCUT2D eigenvalue weighted by Crippen LogP contribution is -2.14. The molecule has 88 valence electrons. The molecule has 0 fully saturated rings. The van der Waals surface area contributed by atoms with Crippen molar-refractivity contribution in [3.63, 3.8) is 0 Å². The summed E-state index contributed by atoms with van der Waals surface area (Å²) >= 11 is 6.60. The molecule has 0 amide bonds. The SMILES string of the molecule is CC(Cc1c(I)cc(I)c(N)c1I)C(=O)O. The molecule has 1 unspecified atom stereocenters. The molecule has 0 saturated carbocycles. The van der Waals surface area contributed by atoms with Crippen molar-refractivity contribution in [2.24, 2.45) is 5.92 Å². The van der Waals surface area contributed by atoms with Crippen molar-refractivity contribution in [3.05, 3.63) is 22.3 Å². The largest absolute Gasteiger partial charge is 0.481 e. The lowest BCUT2D eigenvalue weighted by atomic mass is 10.0. The van der Waals surface area contributed by atoms with Crippen LogP contribution in [0.25, 0.3) is 0 Å². The number of anilines is 1. The topological polar surface area (TPSA) is 63.3 Å². The van der Waals surface area contributed by atoms with Gasteiger partial charge in [-0.3, -0.25) is 4.79 Å². The highest BCUT2D eigenvalue weighted by molar-refractivity contribution is 14.1. The molecule has 0 heterocycles. The molecule has 0 aliphatic rings. The Morgan fingerprint density at radius 2 is 2.00 bits per heavy atom. The first-order valence-corrected chi connectivity index (χ1v) is 7.72. The van der Waals surface area contributed by atoms with Gasteiger partial charge in [0.2, 0.25) is 0 Å². The quantitative estimate of drug-likeness (QED) is 0.444. The fraction of sp³-hybridized carbons (Fsp3) is 0.300. The number of nitrogens with two attached hydrogens (primary N) is 1. The van der Waals surface area contributed by atoms with Crippen molar-refractivity contribution in [2.45, 2.75) is 13.3 Å². The van der Waals surface area contributed by atoms with Gasteiger partial charge in [0, 0.05) is 10.7 Å². The minimum Gasteiger partial charge on any atom is -0.481 e. The Balaban J connectivity index is 3.14. The zero-order valence-electron chi connectivity index (χ0n) is 8.43. The van der Waals surface area contributed by atoms with Crippen molar-refractivity contribution in [1.82, 2.24) is 0 Å². The predicted molar refractivity (Wildman–Crippen MR) is 89.5 cm³/mol. The number of carboxylic acid groups (broad SMARTS) is 1. The van der Waals surface area contributed by atoms with Crippen LogP contribution < -0.4 is 5.73 Å². The Hall–Kier alpha value is 0.680. The summed E-state index contributed by atoms with van der Waals surface area (Å²) in [6.45, 7) is 1.71. The number of rotatable bonds is 3. The number of carboxylic acids is 1. The van der Waals surface area contributed by atoms with Crippen molar-refractivity contribution in [3.8, 4) is 0 Å². The highest BCUT2D eigenvalue weighted by Gasteiger charge is 2.18. The Labute approximate surface area is 135 Å². The number of nitrogen functional groups attached to an aromatic ring is 1. The maximum absolute atomic E-state index is 10.8. The first kappa shape index (κ1) is 14.7. The smallest absolute Gasteiger partial charge is 0.306 e. The minimum absolute atomic E-state index is 0.388. The monoisotopic (exact) mass is 557 g/mol. The third kappa shape index (κ3) is 3.34. The molecular formula is C10H10I3NO2. The van der Waals surface area contributed by atoms with E-state index >= 15 is 0 Å². The maximum Gasteiger partial charge on any atom is 0.306 e. The highest BCUT2D eigenvalue weighted by Crippen LogP contribution is 2.30. The average Bonchev–Trinajstić information content (AvgIpc) is 2.20. The van der Waals surface area contributed by atoms with Gasteiger partial charge in [-0.15, -0.1) is 0 Å². The van der Waals surface area contributed by atoms with E-state index in [4.69, 9.17) is 10.8 Å². The normalized spacial score (nSPS) is 12.5. The van der Waals surface area contributed by atoms with Crippen LogP contribution in [0.1, 0.15) is 12.5 Å². The van der Waals surface area contributed by atoms with E-state index in [0.29, 0.717) is 6.42 Å². The number of hydrogen-bond acceptors (Lipinski definition) is 2. The summed E-state index contributed by atoms with van der Waals surface area (Å²) < 4.78 is 3.06. The fourth-order valence-electron chi connectivity index (χ4n) is 1.23. The molecule has 3 nitrogen and oxygen atoms in total. The van der Waals surface area contributed by atoms with Gasteiger partial charge in [-0.25, -0.2) is 0 Å². The number of hydrogen-bond donors (Lipinski definition) is 2. The van der Waals surface area contributed by atoms with Gasteiger partial charge in [0.1, 0.15) is 0 Å². The second kappa shape index (κ2) is 6.03. The van der Waals surface area contributed by atoms with Gasteiger partial charge in [0.25, 0.3) is 0 Å². The van der Waals surface area contributed by atoms with E-state index in [2.05, 4.69) is 67.8 Å². The first-order valence-electron chi connectivity index (χ1n) is 4.49. The van der Waals surface area contributed by atoms with E-state index in [1.54, 1.807) is 6.92 Å². The summed E-state index contributed by atoms with van der Waals surface area (Å²) in [5, 5.41) is 8.91. The van der Waals surface area contributed by atoms with Gasteiger partial charge in [-0.2, -0.15) is 0 Å². The van der Waals surface area contributed by atoms with Crippen LogP contribution in [0.5, 0.6) is 0 Å². The molecule has 1 aromatic carbocycles. The third-order valence-corrected chi connectivity index (χ3v) is 5.32. The molecular weight excluding hydrogens is 547 g/mol. The Morgan fingerprint density at radius 1 is 1.44 bits per heavy atom. The van der Waals surface area contributed by atoms with Crippen LogP contribution >= 0.6 is 67.8 Å². The van der Waals surface area contributed by atoms with Crippen molar-refractivity contribution >= 4 is 79.4 Å². The molecule has 1 aromatic rings. The van der Waals surface area contributed by atoms with Crippen LogP contribution in [0, 0.1) is 16.6 Å². The lowest BCUT2D eigenvalue weighted by Gasteiger charge is -2.13. The van der Waals surface area contributed by atoms with Gasteiger partial charge < -0.3 is 10.8 Å². The molecule has 16 heavy (non-hydrogen) atoms. The predicted octanol–water partition coefficient (Wildman–Crippen LogP) is 3.35. The first-order chi connectivity index (χ1) is 7.34. The molecule has 0 aromatic heterocycles. The molecule has 0 aliphatic heterocycles. The summed E-state index contributed by atoms with van der Waals surface area (Å²) in [6, 6.07) is 1.99. The second-order valence-corrected chi connectivity index (χ2v) is 6.89. The third-order valence-electron chi connectivity index (χ3n) is 2.23. The standard InChI is InChI=1S/C10H10I3NO2/c1-4(10(15)16)2-5-6(11)3-7(12)9(14)8(5)13/h3-4H,2,14H2,1H3,(H,15,16). The Bertz CT molecular complexity index is 435. The second-order valence-electron chi connectivity index (χ2n) is 3.49. The molecule has 6 heteroatoms. The van der Waals surface area contributed by atoms with Crippen molar-refractivity contribution in [2.75, 3.05) is 5.73 Å². The van der Waals surface area contributed by atoms with Gasteiger partial charge in [0.15, 0.2) is 0 Å². The van der Waals surface area contributed by atoms with Crippen LogP contribution in [0.3, 0.4) is 0 Å². The number of aliphatic carboxylic acids is 1. The van der Waals surface area contributed by atoms with Crippen LogP contribution in [0.2, 0.25) is 0 Å². The summed E-state index contributed by atoms with van der Waals surface area (Å²) in [4.78, 5) is 10.8. The van der Waals surface area contributed by atoms with Crippen LogP contribution in [-0.4, -0.2) is 11.1 Å². The van der Waals surface area contributed by atoms with Gasteiger partial charge in [0.05, 0.1) is 11.6 Å². The van der Waals surface area contributed by atoms with Crippen LogP contribution in [0.15, 0.2) is 6.07 Å². The maximum atomic E-state index is 10.8. The molecule has 0 bridgehead atoms. The molecule has 0 aliphatic carbocycles. The fourth-order valence-corrected chi connectivity index (χ4v) is 5.04. The molecule has 0 spiro atoms.